The smallest absolute Gasteiger partial charge is 0.310 e. The number of carbonyl (C=O) groups excluding carboxylic acids is 1. The normalized spacial score (nSPS) is 21.2. The summed E-state index contributed by atoms with van der Waals surface area (Å²) >= 11 is 0. The maximum Gasteiger partial charge on any atom is 0.310 e. The Labute approximate surface area is 289 Å². The van der Waals surface area contributed by atoms with Crippen LogP contribution in [0.2, 0.25) is 0 Å². The molecule has 2 N–H and O–H groups in total. The van der Waals surface area contributed by atoms with E-state index in [0.717, 1.165) is 23.1 Å². The van der Waals surface area contributed by atoms with Crippen molar-refractivity contribution >= 4 is 15.9 Å². The Morgan fingerprint density at radius 3 is 1.53 bits per heavy atom. The number of carbonyl (C=O) groups is 1. The van der Waals surface area contributed by atoms with Gasteiger partial charge in [0, 0.05) is 43.2 Å². The van der Waals surface area contributed by atoms with E-state index in [1.165, 1.54) is 0 Å². The van der Waals surface area contributed by atoms with Crippen LogP contribution in [0.4, 0.5) is 0 Å². The van der Waals surface area contributed by atoms with E-state index in [-0.39, 0.29) is 47.2 Å². The highest BCUT2D eigenvalue weighted by molar-refractivity contribution is 7.87. The van der Waals surface area contributed by atoms with Crippen LogP contribution in [0.3, 0.4) is 0 Å². The maximum atomic E-state index is 14.2. The van der Waals surface area contributed by atoms with Gasteiger partial charge in [0.1, 0.15) is 28.8 Å². The Balaban J connectivity index is 1.38. The highest BCUT2D eigenvalue weighted by Crippen LogP contribution is 2.64. The number of Topliss-reactive ketones (excluding diaryl/α,β-unsaturated/α-hetero) is 1. The molecule has 0 heterocycles. The summed E-state index contributed by atoms with van der Waals surface area (Å²) in [4.78, 5) is 13.3. The number of ether oxygens (including phenoxy) is 1. The molecule has 0 aliphatic heterocycles. The van der Waals surface area contributed by atoms with Crippen LogP contribution < -0.4 is 8.92 Å². The van der Waals surface area contributed by atoms with E-state index >= 15 is 0 Å². The highest BCUT2D eigenvalue weighted by atomic mass is 32.2. The van der Waals surface area contributed by atoms with Gasteiger partial charge in [-0.1, -0.05) is 86.6 Å². The lowest BCUT2D eigenvalue weighted by Crippen LogP contribution is -2.43. The van der Waals surface area contributed by atoms with Gasteiger partial charge in [-0.25, -0.2) is 0 Å². The molecular weight excluding hydrogens is 637 g/mol. The van der Waals surface area contributed by atoms with Gasteiger partial charge < -0.3 is 19.1 Å². The van der Waals surface area contributed by atoms with E-state index in [9.17, 15) is 23.4 Å². The summed E-state index contributed by atoms with van der Waals surface area (Å²) in [6, 6.07) is 22.7. The molecule has 7 nitrogen and oxygen atoms in total. The van der Waals surface area contributed by atoms with Crippen molar-refractivity contribution in [3.05, 3.63) is 117 Å². The lowest BCUT2D eigenvalue weighted by molar-refractivity contribution is -0.128. The largest absolute Gasteiger partial charge is 0.507 e. The van der Waals surface area contributed by atoms with Crippen LogP contribution in [0, 0.1) is 16.7 Å². The number of aromatic hydroxyl groups is 2. The zero-order valence-electron chi connectivity index (χ0n) is 28.6. The number of para-hydroxylation sites is 4. The highest BCUT2D eigenvalue weighted by Gasteiger charge is 2.65. The molecule has 256 valence electrons. The van der Waals surface area contributed by atoms with Gasteiger partial charge >= 0.3 is 10.1 Å². The topological polar surface area (TPSA) is 110 Å². The van der Waals surface area contributed by atoms with Crippen LogP contribution in [-0.4, -0.2) is 36.3 Å². The molecule has 7 rings (SSSR count). The molecule has 2 atom stereocenters. The third-order valence-corrected chi connectivity index (χ3v) is 12.7. The number of benzene rings is 4. The van der Waals surface area contributed by atoms with Gasteiger partial charge in [0.2, 0.25) is 0 Å². The molecule has 10 bridgehead atoms. The van der Waals surface area contributed by atoms with Crippen LogP contribution in [0.15, 0.2) is 72.8 Å². The lowest BCUT2D eigenvalue weighted by atomic mass is 9.70. The van der Waals surface area contributed by atoms with Crippen molar-refractivity contribution < 1.29 is 32.3 Å². The number of phenols is 2. The molecule has 0 spiro atoms. The monoisotopic (exact) mass is 680 g/mol. The molecule has 3 aliphatic carbocycles. The number of hydrogen-bond donors (Lipinski definition) is 2. The average Bonchev–Trinajstić information content (AvgIpc) is 3.37. The molecule has 4 aromatic carbocycles. The summed E-state index contributed by atoms with van der Waals surface area (Å²) in [6.45, 7) is 7.97. The van der Waals surface area contributed by atoms with Crippen LogP contribution in [0.25, 0.3) is 0 Å². The maximum absolute atomic E-state index is 14.2. The van der Waals surface area contributed by atoms with Crippen LogP contribution in [-0.2, 0) is 40.6 Å². The Bertz CT molecular complexity index is 2060. The van der Waals surface area contributed by atoms with E-state index in [4.69, 9.17) is 8.92 Å². The predicted molar refractivity (Wildman–Crippen MR) is 189 cm³/mol. The van der Waals surface area contributed by atoms with Crippen LogP contribution in [0.5, 0.6) is 23.0 Å². The third-order valence-electron chi connectivity index (χ3n) is 11.4. The first kappa shape index (κ1) is 33.2. The first-order chi connectivity index (χ1) is 23.3. The summed E-state index contributed by atoms with van der Waals surface area (Å²) in [5.74, 6) is 1.00. The van der Waals surface area contributed by atoms with Crippen molar-refractivity contribution in [3.63, 3.8) is 0 Å². The molecule has 49 heavy (non-hydrogen) atoms. The van der Waals surface area contributed by atoms with Gasteiger partial charge in [-0.2, -0.15) is 8.42 Å². The molecule has 8 heteroatoms. The van der Waals surface area contributed by atoms with Gasteiger partial charge in [0.15, 0.2) is 0 Å². The summed E-state index contributed by atoms with van der Waals surface area (Å²) in [7, 11) is -4.24. The Morgan fingerprint density at radius 2 is 1.12 bits per heavy atom. The SMILES string of the molecule is CC(C)Oc1c2cccc1Cc1cccc(c1OS(=O)(=O)C[C@]13CC[C@H](CC1=O)C3(C)C)Cc1cccc(c1O)Cc1cccc(c1O)C2. The fourth-order valence-corrected chi connectivity index (χ4v) is 10.4. The van der Waals surface area contributed by atoms with Crippen molar-refractivity contribution in [2.24, 2.45) is 16.7 Å². The molecule has 0 amide bonds. The Kier molecular flexibility index (Phi) is 8.29. The van der Waals surface area contributed by atoms with Gasteiger partial charge in [0.05, 0.1) is 17.3 Å². The van der Waals surface area contributed by atoms with Crippen molar-refractivity contribution in [2.45, 2.75) is 78.7 Å². The van der Waals surface area contributed by atoms with Crippen molar-refractivity contribution in [1.29, 1.82) is 0 Å². The summed E-state index contributed by atoms with van der Waals surface area (Å²) in [5, 5.41) is 22.9. The number of ketones is 1. The molecule has 0 radical (unpaired) electrons. The first-order valence-corrected chi connectivity index (χ1v) is 18.8. The van der Waals surface area contributed by atoms with E-state index in [1.54, 1.807) is 0 Å². The zero-order chi connectivity index (χ0) is 34.7. The standard InChI is InChI=1S/C41H44O7S/c1-25(2)47-38-30-13-7-14-31(38)22-33-16-8-15-32(39(33)48-49(45,46)24-41-18-17-34(23-35(41)42)40(41,3)4)21-29-12-6-10-27(37(29)44)19-26-9-5-11-28(20-30)36(26)43/h5-16,25,34,43-44H,17-24H2,1-4H3/t34-,41-/m1/s1. The lowest BCUT2D eigenvalue weighted by Gasteiger charge is -2.35. The average molecular weight is 681 g/mol. The Morgan fingerprint density at radius 1 is 0.714 bits per heavy atom. The van der Waals surface area contributed by atoms with E-state index in [2.05, 4.69) is 0 Å². The number of phenolic OH excluding ortho intramolecular Hbond substituents is 2. The Hall–Kier alpha value is -4.30. The molecule has 0 unspecified atom stereocenters. The quantitative estimate of drug-likeness (QED) is 0.177. The molecule has 0 saturated heterocycles. The third kappa shape index (κ3) is 5.88. The number of fused-ring (bicyclic) bond motifs is 10. The van der Waals surface area contributed by atoms with Crippen molar-refractivity contribution in [1.82, 2.24) is 0 Å². The molecule has 2 saturated carbocycles. The second-order valence-corrected chi connectivity index (χ2v) is 16.6. The van der Waals surface area contributed by atoms with Crippen LogP contribution in [0.1, 0.15) is 91.5 Å². The molecule has 0 aromatic heterocycles. The molecular formula is C41H44O7S. The second kappa shape index (κ2) is 12.2. The van der Waals surface area contributed by atoms with Crippen molar-refractivity contribution in [2.75, 3.05) is 5.75 Å². The minimum atomic E-state index is -4.24. The van der Waals surface area contributed by atoms with E-state index in [1.807, 2.05) is 100 Å². The summed E-state index contributed by atoms with van der Waals surface area (Å²) in [5.41, 5.74) is 4.26. The summed E-state index contributed by atoms with van der Waals surface area (Å²) in [6.07, 6.45) is 2.88. The van der Waals surface area contributed by atoms with Gasteiger partial charge in [-0.3, -0.25) is 4.79 Å². The molecule has 3 aliphatic rings. The predicted octanol–water partition coefficient (Wildman–Crippen LogP) is 7.67. The van der Waals surface area contributed by atoms with Crippen LogP contribution >= 0.6 is 0 Å². The minimum absolute atomic E-state index is 0.0146. The second-order valence-electron chi connectivity index (χ2n) is 15.0. The van der Waals surface area contributed by atoms with Crippen molar-refractivity contribution in [3.8, 4) is 23.0 Å². The fraction of sp³-hybridized carbons (Fsp3) is 0.390. The van der Waals surface area contributed by atoms with Gasteiger partial charge in [-0.15, -0.1) is 0 Å². The molecule has 2 fully saturated rings. The van der Waals surface area contributed by atoms with Gasteiger partial charge in [0.25, 0.3) is 0 Å². The van der Waals surface area contributed by atoms with E-state index in [0.29, 0.717) is 65.7 Å². The zero-order valence-corrected chi connectivity index (χ0v) is 29.4. The fourth-order valence-electron chi connectivity index (χ4n) is 8.57. The number of rotatable bonds is 6. The molecule has 4 aromatic rings. The first-order valence-electron chi connectivity index (χ1n) is 17.2. The minimum Gasteiger partial charge on any atom is -0.507 e. The van der Waals surface area contributed by atoms with E-state index < -0.39 is 20.9 Å². The number of hydrogen-bond acceptors (Lipinski definition) is 7. The van der Waals surface area contributed by atoms with Gasteiger partial charge in [-0.05, 0) is 71.4 Å². The summed E-state index contributed by atoms with van der Waals surface area (Å²) < 4.78 is 40.9.